The highest BCUT2D eigenvalue weighted by atomic mass is 35.5. The average molecular weight is 560 g/mol. The molecule has 206 valence electrons. The number of rotatable bonds is 9. The molecule has 1 saturated heterocycles. The molecule has 3 aromatic carbocycles. The Kier molecular flexibility index (Phi) is 8.61. The van der Waals surface area contributed by atoms with Crippen molar-refractivity contribution in [2.75, 3.05) is 38.2 Å². The van der Waals surface area contributed by atoms with Crippen LogP contribution in [0.15, 0.2) is 77.6 Å². The van der Waals surface area contributed by atoms with E-state index in [0.29, 0.717) is 41.9 Å². The molecule has 0 bridgehead atoms. The molecule has 1 aliphatic rings. The lowest BCUT2D eigenvalue weighted by Crippen LogP contribution is -2.48. The van der Waals surface area contributed by atoms with Crippen LogP contribution < -0.4 is 19.9 Å². The zero-order valence-electron chi connectivity index (χ0n) is 22.2. The minimum absolute atomic E-state index is 0.00273. The summed E-state index contributed by atoms with van der Waals surface area (Å²) < 4.78 is 11.1. The van der Waals surface area contributed by atoms with Gasteiger partial charge in [-0.25, -0.2) is 0 Å². The van der Waals surface area contributed by atoms with Gasteiger partial charge in [0.25, 0.3) is 5.56 Å². The molecule has 0 saturated carbocycles. The van der Waals surface area contributed by atoms with Crippen LogP contribution in [0.5, 0.6) is 11.5 Å². The van der Waals surface area contributed by atoms with E-state index in [2.05, 4.69) is 20.1 Å². The fourth-order valence-corrected chi connectivity index (χ4v) is 4.73. The highest BCUT2D eigenvalue weighted by Gasteiger charge is 2.22. The minimum atomic E-state index is -0.348. The van der Waals surface area contributed by atoms with Crippen LogP contribution in [0.25, 0.3) is 11.4 Å². The number of carbonyl (C=O) groups is 1. The predicted molar refractivity (Wildman–Crippen MR) is 154 cm³/mol. The lowest BCUT2D eigenvalue weighted by Gasteiger charge is -2.36. The van der Waals surface area contributed by atoms with E-state index in [4.69, 9.17) is 21.1 Å². The van der Waals surface area contributed by atoms with Crippen LogP contribution in [0, 0.1) is 0 Å². The van der Waals surface area contributed by atoms with Crippen molar-refractivity contribution >= 4 is 23.2 Å². The van der Waals surface area contributed by atoms with Crippen LogP contribution in [0.2, 0.25) is 5.02 Å². The lowest BCUT2D eigenvalue weighted by molar-refractivity contribution is -0.131. The van der Waals surface area contributed by atoms with Crippen molar-refractivity contribution in [1.29, 1.82) is 0 Å². The Balaban J connectivity index is 1.12. The summed E-state index contributed by atoms with van der Waals surface area (Å²) in [5.74, 6) is 1.83. The van der Waals surface area contributed by atoms with Crippen LogP contribution >= 0.6 is 11.6 Å². The van der Waals surface area contributed by atoms with Crippen molar-refractivity contribution in [3.63, 3.8) is 0 Å². The molecule has 1 fully saturated rings. The number of carbonyl (C=O) groups excluding carboxylic acids is 1. The smallest absolute Gasteiger partial charge is 0.273 e. The highest BCUT2D eigenvalue weighted by Crippen LogP contribution is 2.23. The number of aromatic amines is 1. The molecular formula is C30H30ClN5O4. The van der Waals surface area contributed by atoms with E-state index < -0.39 is 0 Å². The second-order valence-corrected chi connectivity index (χ2v) is 9.83. The molecule has 0 unspecified atom stereocenters. The normalized spacial score (nSPS) is 13.2. The molecule has 4 aromatic rings. The second-order valence-electron chi connectivity index (χ2n) is 9.42. The number of halogens is 1. The molecule has 1 amide bonds. The zero-order valence-corrected chi connectivity index (χ0v) is 22.9. The first kappa shape index (κ1) is 27.2. The monoisotopic (exact) mass is 559 g/mol. The Labute approximate surface area is 237 Å². The van der Waals surface area contributed by atoms with Gasteiger partial charge in [0.05, 0.1) is 7.11 Å². The van der Waals surface area contributed by atoms with Gasteiger partial charge in [-0.1, -0.05) is 35.9 Å². The molecule has 0 radical (unpaired) electrons. The summed E-state index contributed by atoms with van der Waals surface area (Å²) in [5.41, 5.74) is 2.57. The number of ether oxygens (including phenoxy) is 2. The average Bonchev–Trinajstić information content (AvgIpc) is 3.00. The van der Waals surface area contributed by atoms with Gasteiger partial charge in [0.1, 0.15) is 23.8 Å². The zero-order chi connectivity index (χ0) is 27.9. The summed E-state index contributed by atoms with van der Waals surface area (Å²) in [4.78, 5) is 32.3. The number of H-pyrrole nitrogens is 1. The molecule has 1 aromatic heterocycles. The predicted octanol–water partition coefficient (Wildman–Crippen LogP) is 4.35. The third-order valence-corrected chi connectivity index (χ3v) is 7.24. The maximum atomic E-state index is 12.8. The van der Waals surface area contributed by atoms with Crippen molar-refractivity contribution in [2.45, 2.75) is 19.4 Å². The third kappa shape index (κ3) is 6.60. The Hall–Kier alpha value is -4.37. The largest absolute Gasteiger partial charge is 0.497 e. The molecule has 40 heavy (non-hydrogen) atoms. The quantitative estimate of drug-likeness (QED) is 0.325. The van der Waals surface area contributed by atoms with E-state index in [1.807, 2.05) is 53.4 Å². The number of hydrogen-bond acceptors (Lipinski definition) is 7. The summed E-state index contributed by atoms with van der Waals surface area (Å²) in [7, 11) is 1.65. The van der Waals surface area contributed by atoms with Gasteiger partial charge in [0.15, 0.2) is 5.82 Å². The third-order valence-electron chi connectivity index (χ3n) is 6.87. The summed E-state index contributed by atoms with van der Waals surface area (Å²) in [6.07, 6.45) is 0.431. The molecule has 5 rings (SSSR count). The molecule has 0 atom stereocenters. The van der Waals surface area contributed by atoms with Gasteiger partial charge in [-0.2, -0.15) is 0 Å². The fraction of sp³-hybridized carbons (Fsp3) is 0.267. The van der Waals surface area contributed by atoms with Crippen molar-refractivity contribution in [1.82, 2.24) is 20.1 Å². The summed E-state index contributed by atoms with van der Waals surface area (Å²) in [6.45, 7) is 3.06. The number of benzene rings is 3. The van der Waals surface area contributed by atoms with Crippen LogP contribution in [-0.4, -0.2) is 59.3 Å². The number of nitrogens with zero attached hydrogens (tertiary/aromatic N) is 4. The van der Waals surface area contributed by atoms with Gasteiger partial charge in [0, 0.05) is 66.9 Å². The number of piperazine rings is 1. The Morgan fingerprint density at radius 1 is 0.950 bits per heavy atom. The van der Waals surface area contributed by atoms with Crippen LogP contribution in [0.3, 0.4) is 0 Å². The summed E-state index contributed by atoms with van der Waals surface area (Å²) >= 11 is 6.18. The van der Waals surface area contributed by atoms with E-state index >= 15 is 0 Å². The van der Waals surface area contributed by atoms with Crippen molar-refractivity contribution in [3.05, 3.63) is 99.4 Å². The summed E-state index contributed by atoms with van der Waals surface area (Å²) in [6, 6.07) is 22.6. The van der Waals surface area contributed by atoms with Gasteiger partial charge in [-0.3, -0.25) is 9.59 Å². The highest BCUT2D eigenvalue weighted by molar-refractivity contribution is 6.31. The van der Waals surface area contributed by atoms with Gasteiger partial charge in [0.2, 0.25) is 5.91 Å². The molecule has 0 aliphatic carbocycles. The molecule has 1 N–H and O–H groups in total. The number of hydrogen-bond donors (Lipinski definition) is 1. The van der Waals surface area contributed by atoms with Crippen molar-refractivity contribution < 1.29 is 14.3 Å². The first-order valence-electron chi connectivity index (χ1n) is 13.1. The molecule has 0 spiro atoms. The van der Waals surface area contributed by atoms with Crippen LogP contribution in [0.4, 0.5) is 5.69 Å². The Morgan fingerprint density at radius 2 is 1.73 bits per heavy atom. The molecular weight excluding hydrogens is 530 g/mol. The Bertz CT molecular complexity index is 1520. The van der Waals surface area contributed by atoms with Gasteiger partial charge in [-0.05, 0) is 42.5 Å². The maximum absolute atomic E-state index is 12.8. The molecule has 10 heteroatoms. The second kappa shape index (κ2) is 12.7. The summed E-state index contributed by atoms with van der Waals surface area (Å²) in [5, 5.41) is 8.96. The van der Waals surface area contributed by atoms with Gasteiger partial charge in [-0.15, -0.1) is 10.2 Å². The number of aromatic nitrogens is 3. The molecule has 2 heterocycles. The fourth-order valence-electron chi connectivity index (χ4n) is 4.54. The van der Waals surface area contributed by atoms with Crippen LogP contribution in [-0.2, 0) is 17.8 Å². The van der Waals surface area contributed by atoms with E-state index in [1.165, 1.54) is 0 Å². The van der Waals surface area contributed by atoms with Crippen molar-refractivity contribution in [2.24, 2.45) is 0 Å². The number of nitrogens with one attached hydrogen (secondary N) is 1. The number of anilines is 1. The lowest BCUT2D eigenvalue weighted by atomic mass is 10.2. The first-order valence-corrected chi connectivity index (χ1v) is 13.5. The maximum Gasteiger partial charge on any atom is 0.273 e. The topological polar surface area (TPSA) is 101 Å². The first-order chi connectivity index (χ1) is 19.5. The van der Waals surface area contributed by atoms with E-state index in [-0.39, 0.29) is 30.0 Å². The van der Waals surface area contributed by atoms with Crippen LogP contribution in [0.1, 0.15) is 17.7 Å². The number of amides is 1. The van der Waals surface area contributed by atoms with E-state index in [1.54, 1.807) is 31.4 Å². The SMILES string of the molecule is COc1cccc(N2CCN(C(=O)CCc3nnc(-c4ccc(OCc5ccccc5Cl)cc4)[nH]c3=O)CC2)c1. The van der Waals surface area contributed by atoms with Crippen molar-refractivity contribution in [3.8, 4) is 22.9 Å². The van der Waals surface area contributed by atoms with Gasteiger partial charge < -0.3 is 24.3 Å². The van der Waals surface area contributed by atoms with Gasteiger partial charge >= 0.3 is 0 Å². The molecule has 9 nitrogen and oxygen atoms in total. The van der Waals surface area contributed by atoms with E-state index in [9.17, 15) is 9.59 Å². The standard InChI is InChI=1S/C30H30ClN5O4/c1-39-25-7-4-6-23(19-25)35-15-17-36(18-16-35)28(37)14-13-27-30(38)32-29(34-33-27)21-9-11-24(12-10-21)40-20-22-5-2-3-8-26(22)31/h2-12,19H,13-18,20H2,1H3,(H,32,34,38). The number of methoxy groups -OCH3 is 1. The minimum Gasteiger partial charge on any atom is -0.497 e. The number of aryl methyl sites for hydroxylation is 1. The Morgan fingerprint density at radius 3 is 2.45 bits per heavy atom. The molecule has 1 aliphatic heterocycles. The van der Waals surface area contributed by atoms with E-state index in [0.717, 1.165) is 30.1 Å².